The van der Waals surface area contributed by atoms with Gasteiger partial charge in [0.1, 0.15) is 5.54 Å². The van der Waals surface area contributed by atoms with Crippen LogP contribution in [-0.2, 0) is 9.53 Å². The number of benzene rings is 1. The van der Waals surface area contributed by atoms with Crippen molar-refractivity contribution in [3.63, 3.8) is 0 Å². The summed E-state index contributed by atoms with van der Waals surface area (Å²) in [6.45, 7) is 3.65. The first kappa shape index (κ1) is 15.9. The molecule has 0 spiro atoms. The van der Waals surface area contributed by atoms with Crippen molar-refractivity contribution in [3.8, 4) is 0 Å². The van der Waals surface area contributed by atoms with Gasteiger partial charge >= 0.3 is 5.97 Å². The van der Waals surface area contributed by atoms with Crippen molar-refractivity contribution in [2.24, 2.45) is 0 Å². The van der Waals surface area contributed by atoms with Gasteiger partial charge < -0.3 is 10.1 Å². The molecule has 0 aliphatic heterocycles. The van der Waals surface area contributed by atoms with Crippen LogP contribution in [0.1, 0.15) is 37.0 Å². The zero-order valence-electron chi connectivity index (χ0n) is 11.3. The smallest absolute Gasteiger partial charge is 0.331 e. The van der Waals surface area contributed by atoms with Crippen LogP contribution in [0.25, 0.3) is 0 Å². The number of carbonyl (C=O) groups is 2. The second kappa shape index (κ2) is 6.88. The summed E-state index contributed by atoms with van der Waals surface area (Å²) in [4.78, 5) is 24.1. The quantitative estimate of drug-likeness (QED) is 0.636. The van der Waals surface area contributed by atoms with Crippen molar-refractivity contribution in [2.45, 2.75) is 32.2 Å². The second-order valence-electron chi connectivity index (χ2n) is 4.51. The lowest BCUT2D eigenvalue weighted by Crippen LogP contribution is -2.52. The zero-order chi connectivity index (χ0) is 14.5. The van der Waals surface area contributed by atoms with Crippen molar-refractivity contribution >= 4 is 34.5 Å². The van der Waals surface area contributed by atoms with Gasteiger partial charge in [-0.1, -0.05) is 25.5 Å². The van der Waals surface area contributed by atoms with Gasteiger partial charge in [0.05, 0.1) is 12.7 Å². The molecule has 0 saturated carbocycles. The van der Waals surface area contributed by atoms with Crippen molar-refractivity contribution in [3.05, 3.63) is 33.4 Å². The van der Waals surface area contributed by atoms with E-state index in [2.05, 4.69) is 27.9 Å². The highest BCUT2D eigenvalue weighted by Crippen LogP contribution is 2.17. The maximum atomic E-state index is 12.3. The van der Waals surface area contributed by atoms with Crippen LogP contribution in [0.3, 0.4) is 0 Å². The Balaban J connectivity index is 2.95. The van der Waals surface area contributed by atoms with Gasteiger partial charge in [-0.3, -0.25) is 4.79 Å². The summed E-state index contributed by atoms with van der Waals surface area (Å²) in [5, 5.41) is 2.78. The highest BCUT2D eigenvalue weighted by Gasteiger charge is 2.35. The molecule has 0 saturated heterocycles. The largest absolute Gasteiger partial charge is 0.467 e. The molecule has 0 aliphatic rings. The SMILES string of the molecule is CCCC(C)(NC(=O)c1ccccc1I)C(=O)OC. The van der Waals surface area contributed by atoms with Crippen LogP contribution in [0.4, 0.5) is 0 Å². The number of nitrogens with one attached hydrogen (secondary N) is 1. The molecule has 0 aromatic heterocycles. The Bertz CT molecular complexity index is 476. The van der Waals surface area contributed by atoms with Gasteiger partial charge in [0.15, 0.2) is 0 Å². The molecule has 19 heavy (non-hydrogen) atoms. The fourth-order valence-corrected chi connectivity index (χ4v) is 2.54. The van der Waals surface area contributed by atoms with Gasteiger partial charge in [-0.25, -0.2) is 4.79 Å². The van der Waals surface area contributed by atoms with Crippen molar-refractivity contribution in [1.29, 1.82) is 0 Å². The fourth-order valence-electron chi connectivity index (χ4n) is 1.90. The number of ether oxygens (including phenoxy) is 1. The molecule has 1 aromatic rings. The van der Waals surface area contributed by atoms with E-state index in [1.807, 2.05) is 19.1 Å². The first-order valence-corrected chi connectivity index (χ1v) is 7.18. The summed E-state index contributed by atoms with van der Waals surface area (Å²) in [7, 11) is 1.33. The van der Waals surface area contributed by atoms with Crippen LogP contribution in [0.2, 0.25) is 0 Å². The monoisotopic (exact) mass is 375 g/mol. The number of esters is 1. The average Bonchev–Trinajstić information content (AvgIpc) is 2.38. The number of carbonyl (C=O) groups excluding carboxylic acids is 2. The lowest BCUT2D eigenvalue weighted by atomic mass is 9.95. The van der Waals surface area contributed by atoms with E-state index in [0.29, 0.717) is 12.0 Å². The van der Waals surface area contributed by atoms with Gasteiger partial charge in [0.2, 0.25) is 0 Å². The summed E-state index contributed by atoms with van der Waals surface area (Å²) in [5.74, 6) is -0.681. The zero-order valence-corrected chi connectivity index (χ0v) is 13.5. The summed E-state index contributed by atoms with van der Waals surface area (Å²) in [5.41, 5.74) is -0.422. The first-order chi connectivity index (χ1) is 8.94. The number of amides is 1. The molecule has 1 amide bonds. The molecular weight excluding hydrogens is 357 g/mol. The molecule has 0 heterocycles. The summed E-state index contributed by atoms with van der Waals surface area (Å²) >= 11 is 2.10. The van der Waals surface area contributed by atoms with E-state index in [9.17, 15) is 9.59 Å². The van der Waals surface area contributed by atoms with Gasteiger partial charge in [-0.2, -0.15) is 0 Å². The van der Waals surface area contributed by atoms with E-state index in [1.165, 1.54) is 7.11 Å². The number of methoxy groups -OCH3 is 1. The van der Waals surface area contributed by atoms with Gasteiger partial charge in [0, 0.05) is 3.57 Å². The van der Waals surface area contributed by atoms with Gasteiger partial charge in [-0.05, 0) is 48.1 Å². The normalized spacial score (nSPS) is 13.5. The summed E-state index contributed by atoms with van der Waals surface area (Å²) < 4.78 is 5.63. The summed E-state index contributed by atoms with van der Waals surface area (Å²) in [6, 6.07) is 7.25. The Hall–Kier alpha value is -1.11. The Morgan fingerprint density at radius 2 is 2.00 bits per heavy atom. The van der Waals surface area contributed by atoms with E-state index < -0.39 is 11.5 Å². The van der Waals surface area contributed by atoms with E-state index in [0.717, 1.165) is 9.99 Å². The highest BCUT2D eigenvalue weighted by atomic mass is 127. The molecule has 4 nitrogen and oxygen atoms in total. The molecule has 104 valence electrons. The van der Waals surface area contributed by atoms with E-state index in [1.54, 1.807) is 19.1 Å². The average molecular weight is 375 g/mol. The standard InChI is InChI=1S/C14H18INO3/c1-4-9-14(2,13(18)19-3)16-12(17)10-7-5-6-8-11(10)15/h5-8H,4,9H2,1-3H3,(H,16,17). The molecule has 0 radical (unpaired) electrons. The van der Waals surface area contributed by atoms with Crippen molar-refractivity contribution in [1.82, 2.24) is 5.32 Å². The molecule has 1 unspecified atom stereocenters. The van der Waals surface area contributed by atoms with Crippen molar-refractivity contribution < 1.29 is 14.3 Å². The van der Waals surface area contributed by atoms with Crippen LogP contribution in [0, 0.1) is 3.57 Å². The Morgan fingerprint density at radius 3 is 2.53 bits per heavy atom. The molecule has 1 N–H and O–H groups in total. The highest BCUT2D eigenvalue weighted by molar-refractivity contribution is 14.1. The van der Waals surface area contributed by atoms with E-state index in [4.69, 9.17) is 4.74 Å². The number of hydrogen-bond donors (Lipinski definition) is 1. The van der Waals surface area contributed by atoms with Crippen LogP contribution < -0.4 is 5.32 Å². The van der Waals surface area contributed by atoms with Crippen LogP contribution in [0.15, 0.2) is 24.3 Å². The maximum Gasteiger partial charge on any atom is 0.331 e. The lowest BCUT2D eigenvalue weighted by Gasteiger charge is -2.27. The third kappa shape index (κ3) is 3.92. The number of rotatable bonds is 5. The number of hydrogen-bond acceptors (Lipinski definition) is 3. The molecule has 0 fully saturated rings. The Labute approximate surface area is 127 Å². The molecular formula is C14H18INO3. The maximum absolute atomic E-state index is 12.3. The fraction of sp³-hybridized carbons (Fsp3) is 0.429. The third-order valence-corrected chi connectivity index (χ3v) is 3.83. The molecule has 1 atom stereocenters. The van der Waals surface area contributed by atoms with Crippen LogP contribution in [-0.4, -0.2) is 24.5 Å². The van der Waals surface area contributed by atoms with Crippen LogP contribution in [0.5, 0.6) is 0 Å². The molecule has 0 bridgehead atoms. The van der Waals surface area contributed by atoms with Crippen molar-refractivity contribution in [2.75, 3.05) is 7.11 Å². The topological polar surface area (TPSA) is 55.4 Å². The lowest BCUT2D eigenvalue weighted by molar-refractivity contribution is -0.147. The Kier molecular flexibility index (Phi) is 5.78. The molecule has 1 aromatic carbocycles. The minimum atomic E-state index is -0.987. The Morgan fingerprint density at radius 1 is 1.37 bits per heavy atom. The minimum absolute atomic E-state index is 0.258. The number of halogens is 1. The van der Waals surface area contributed by atoms with E-state index in [-0.39, 0.29) is 5.91 Å². The predicted molar refractivity (Wildman–Crippen MR) is 82.0 cm³/mol. The third-order valence-electron chi connectivity index (χ3n) is 2.89. The second-order valence-corrected chi connectivity index (χ2v) is 5.67. The summed E-state index contributed by atoms with van der Waals surface area (Å²) in [6.07, 6.45) is 1.31. The van der Waals surface area contributed by atoms with Gasteiger partial charge in [-0.15, -0.1) is 0 Å². The predicted octanol–water partition coefficient (Wildman–Crippen LogP) is 2.75. The van der Waals surface area contributed by atoms with Gasteiger partial charge in [0.25, 0.3) is 5.91 Å². The molecule has 1 rings (SSSR count). The molecule has 0 aliphatic carbocycles. The van der Waals surface area contributed by atoms with Crippen LogP contribution >= 0.6 is 22.6 Å². The first-order valence-electron chi connectivity index (χ1n) is 6.10. The molecule has 5 heteroatoms. The minimum Gasteiger partial charge on any atom is -0.467 e. The van der Waals surface area contributed by atoms with E-state index >= 15 is 0 Å².